The predicted molar refractivity (Wildman–Crippen MR) is 142 cm³/mol. The van der Waals surface area contributed by atoms with Gasteiger partial charge in [-0.2, -0.15) is 0 Å². The van der Waals surface area contributed by atoms with E-state index in [-0.39, 0.29) is 0 Å². The Labute approximate surface area is 196 Å². The van der Waals surface area contributed by atoms with Gasteiger partial charge in [0.15, 0.2) is 0 Å². The number of hydrogen-bond donors (Lipinski definition) is 2. The first-order chi connectivity index (χ1) is 15.3. The van der Waals surface area contributed by atoms with Gasteiger partial charge in [0.1, 0.15) is 0 Å². The normalized spacial score (nSPS) is 11.9. The summed E-state index contributed by atoms with van der Waals surface area (Å²) in [6, 6.07) is 0. The molecule has 0 aromatic carbocycles. The van der Waals surface area contributed by atoms with Crippen molar-refractivity contribution in [3.63, 3.8) is 0 Å². The Morgan fingerprint density at radius 1 is 0.452 bits per heavy atom. The van der Waals surface area contributed by atoms with E-state index in [2.05, 4.69) is 24.0 Å². The van der Waals surface area contributed by atoms with Gasteiger partial charge in [-0.25, -0.2) is 0 Å². The van der Waals surface area contributed by atoms with Crippen LogP contribution < -0.4 is 11.5 Å². The van der Waals surface area contributed by atoms with E-state index in [0.717, 1.165) is 19.5 Å². The van der Waals surface area contributed by atoms with Crippen molar-refractivity contribution in [1.29, 1.82) is 0 Å². The molecule has 186 valence electrons. The summed E-state index contributed by atoms with van der Waals surface area (Å²) in [5, 5.41) is 0. The van der Waals surface area contributed by atoms with E-state index in [0.29, 0.717) is 0 Å². The number of rotatable bonds is 26. The predicted octanol–water partition coefficient (Wildman–Crippen LogP) is 7.58. The molecule has 0 aromatic rings. The maximum absolute atomic E-state index is 5.68. The van der Waals surface area contributed by atoms with Gasteiger partial charge in [0.2, 0.25) is 0 Å². The Bertz CT molecular complexity index is 343. The monoisotopic (exact) mass is 437 g/mol. The summed E-state index contributed by atoms with van der Waals surface area (Å²) < 4.78 is 0. The maximum Gasteiger partial charge on any atom is -0.00183 e. The smallest absolute Gasteiger partial charge is 0.00183 e. The lowest BCUT2D eigenvalue weighted by molar-refractivity contribution is 0.256. The van der Waals surface area contributed by atoms with Gasteiger partial charge in [0.05, 0.1) is 0 Å². The first-order valence-electron chi connectivity index (χ1n) is 14.1. The van der Waals surface area contributed by atoms with Gasteiger partial charge in [-0.05, 0) is 90.5 Å². The molecule has 0 spiro atoms. The summed E-state index contributed by atoms with van der Waals surface area (Å²) in [6.45, 7) is 7.74. The van der Waals surface area contributed by atoms with Gasteiger partial charge in [-0.3, -0.25) is 0 Å². The van der Waals surface area contributed by atoms with Crippen LogP contribution in [0.5, 0.6) is 0 Å². The molecular formula is C28H59N3. The van der Waals surface area contributed by atoms with Crippen molar-refractivity contribution in [2.75, 3.05) is 32.7 Å². The van der Waals surface area contributed by atoms with E-state index in [4.69, 9.17) is 11.5 Å². The molecule has 0 radical (unpaired) electrons. The van der Waals surface area contributed by atoms with Gasteiger partial charge in [-0.15, -0.1) is 0 Å². The number of unbranched alkanes of at least 4 members (excludes halogenated alkanes) is 16. The Balaban J connectivity index is 3.52. The van der Waals surface area contributed by atoms with Gasteiger partial charge in [-0.1, -0.05) is 89.7 Å². The fourth-order valence-electron chi connectivity index (χ4n) is 4.23. The average molecular weight is 438 g/mol. The number of nitrogens with two attached hydrogens (primary N) is 2. The topological polar surface area (TPSA) is 55.3 Å². The van der Waals surface area contributed by atoms with E-state index in [9.17, 15) is 0 Å². The van der Waals surface area contributed by atoms with Crippen LogP contribution in [-0.4, -0.2) is 37.6 Å². The first kappa shape index (κ1) is 30.6. The van der Waals surface area contributed by atoms with Gasteiger partial charge in [0, 0.05) is 0 Å². The molecule has 0 atom stereocenters. The van der Waals surface area contributed by atoms with Crippen molar-refractivity contribution in [3.8, 4) is 0 Å². The van der Waals surface area contributed by atoms with Gasteiger partial charge >= 0.3 is 0 Å². The maximum atomic E-state index is 5.68. The zero-order valence-electron chi connectivity index (χ0n) is 21.4. The Morgan fingerprint density at radius 2 is 0.806 bits per heavy atom. The minimum Gasteiger partial charge on any atom is -0.330 e. The van der Waals surface area contributed by atoms with Crippen LogP contribution in [0.4, 0.5) is 0 Å². The third-order valence-electron chi connectivity index (χ3n) is 6.34. The molecule has 0 saturated carbocycles. The molecule has 0 unspecified atom stereocenters. The lowest BCUT2D eigenvalue weighted by Gasteiger charge is -2.22. The largest absolute Gasteiger partial charge is 0.330 e. The van der Waals surface area contributed by atoms with Crippen LogP contribution in [0.25, 0.3) is 0 Å². The molecule has 0 aliphatic rings. The van der Waals surface area contributed by atoms with Crippen molar-refractivity contribution in [2.45, 2.75) is 135 Å². The van der Waals surface area contributed by atoms with Crippen molar-refractivity contribution < 1.29 is 0 Å². The van der Waals surface area contributed by atoms with E-state index < -0.39 is 0 Å². The van der Waals surface area contributed by atoms with Crippen molar-refractivity contribution in [3.05, 3.63) is 12.2 Å². The lowest BCUT2D eigenvalue weighted by Crippen LogP contribution is -2.27. The van der Waals surface area contributed by atoms with E-state index >= 15 is 0 Å². The summed E-state index contributed by atoms with van der Waals surface area (Å²) >= 11 is 0. The Kier molecular flexibility index (Phi) is 27.3. The van der Waals surface area contributed by atoms with Gasteiger partial charge < -0.3 is 16.4 Å². The Hall–Kier alpha value is -0.380. The highest BCUT2D eigenvalue weighted by atomic mass is 15.1. The van der Waals surface area contributed by atoms with Gasteiger partial charge in [0.25, 0.3) is 0 Å². The van der Waals surface area contributed by atoms with Crippen LogP contribution in [-0.2, 0) is 0 Å². The fraction of sp³-hybridized carbons (Fsp3) is 0.929. The van der Waals surface area contributed by atoms with Crippen LogP contribution in [0.2, 0.25) is 0 Å². The summed E-state index contributed by atoms with van der Waals surface area (Å²) in [6.07, 6.45) is 31.8. The third-order valence-corrected chi connectivity index (χ3v) is 6.34. The van der Waals surface area contributed by atoms with Crippen LogP contribution in [0.15, 0.2) is 12.2 Å². The molecule has 4 N–H and O–H groups in total. The quantitative estimate of drug-likeness (QED) is 0.108. The molecule has 0 bridgehead atoms. The highest BCUT2D eigenvalue weighted by Crippen LogP contribution is 2.11. The second-order valence-corrected chi connectivity index (χ2v) is 9.48. The van der Waals surface area contributed by atoms with Crippen LogP contribution >= 0.6 is 0 Å². The molecule has 3 heteroatoms. The molecule has 0 aliphatic carbocycles. The molecule has 0 fully saturated rings. The minimum atomic E-state index is 0.832. The number of hydrogen-bond acceptors (Lipinski definition) is 3. The zero-order chi connectivity index (χ0) is 22.7. The van der Waals surface area contributed by atoms with Crippen LogP contribution in [0, 0.1) is 0 Å². The van der Waals surface area contributed by atoms with Crippen molar-refractivity contribution in [1.82, 2.24) is 4.90 Å². The fourth-order valence-corrected chi connectivity index (χ4v) is 4.23. The van der Waals surface area contributed by atoms with Crippen molar-refractivity contribution in [2.24, 2.45) is 11.5 Å². The standard InChI is InChI=1S/C28H59N3/c1-2-3-4-5-6-7-8-9-10-11-12-13-14-15-17-21-26-31(28-23-20-25-30)27-22-18-16-19-24-29/h9-10H,2-8,11-30H2,1H3/b10-9-. The molecule has 31 heavy (non-hydrogen) atoms. The molecule has 0 saturated heterocycles. The summed E-state index contributed by atoms with van der Waals surface area (Å²) in [5.74, 6) is 0. The summed E-state index contributed by atoms with van der Waals surface area (Å²) in [7, 11) is 0. The summed E-state index contributed by atoms with van der Waals surface area (Å²) in [5.41, 5.74) is 11.3. The second-order valence-electron chi connectivity index (χ2n) is 9.48. The average Bonchev–Trinajstić information content (AvgIpc) is 2.78. The lowest BCUT2D eigenvalue weighted by atomic mass is 10.1. The SMILES string of the molecule is CCCCCCCC/C=C\CCCCCCCCN(CCCCN)CCCCCCN. The molecule has 0 aliphatic heterocycles. The molecular weight excluding hydrogens is 378 g/mol. The molecule has 0 aromatic heterocycles. The molecule has 0 rings (SSSR count). The zero-order valence-corrected chi connectivity index (χ0v) is 21.4. The molecule has 3 nitrogen and oxygen atoms in total. The summed E-state index contributed by atoms with van der Waals surface area (Å²) in [4.78, 5) is 2.69. The second kappa shape index (κ2) is 27.7. The van der Waals surface area contributed by atoms with Crippen LogP contribution in [0.1, 0.15) is 135 Å². The molecule has 0 amide bonds. The van der Waals surface area contributed by atoms with Crippen molar-refractivity contribution >= 4 is 0 Å². The van der Waals surface area contributed by atoms with E-state index in [1.807, 2.05) is 0 Å². The molecule has 0 heterocycles. The third kappa shape index (κ3) is 25.8. The minimum absolute atomic E-state index is 0.832. The van der Waals surface area contributed by atoms with E-state index in [1.54, 1.807) is 0 Å². The van der Waals surface area contributed by atoms with E-state index in [1.165, 1.54) is 142 Å². The Morgan fingerprint density at radius 3 is 1.29 bits per heavy atom. The first-order valence-corrected chi connectivity index (χ1v) is 14.1. The van der Waals surface area contributed by atoms with Crippen LogP contribution in [0.3, 0.4) is 0 Å². The number of allylic oxidation sites excluding steroid dienone is 2. The highest BCUT2D eigenvalue weighted by molar-refractivity contribution is 4.81. The number of nitrogens with zero attached hydrogens (tertiary/aromatic N) is 1. The highest BCUT2D eigenvalue weighted by Gasteiger charge is 2.04.